The molecule has 0 bridgehead atoms. The molecule has 1 aliphatic rings. The minimum atomic E-state index is -0.688. The Morgan fingerprint density at radius 3 is 2.88 bits per heavy atom. The van der Waals surface area contributed by atoms with E-state index in [-0.39, 0.29) is 16.6 Å². The number of benzene rings is 1. The van der Waals surface area contributed by atoms with E-state index >= 15 is 0 Å². The van der Waals surface area contributed by atoms with Crippen LogP contribution >= 0.6 is 15.9 Å². The molecule has 3 nitrogen and oxygen atoms in total. The Labute approximate surface area is 98.9 Å². The van der Waals surface area contributed by atoms with Crippen LogP contribution < -0.4 is 5.32 Å². The summed E-state index contributed by atoms with van der Waals surface area (Å²) in [4.78, 5) is 11.0. The van der Waals surface area contributed by atoms with Gasteiger partial charge in [0.15, 0.2) is 0 Å². The van der Waals surface area contributed by atoms with Gasteiger partial charge in [-0.25, -0.2) is 13.6 Å². The smallest absolute Gasteiger partial charge is 0.407 e. The third-order valence-electron chi connectivity index (χ3n) is 2.36. The summed E-state index contributed by atoms with van der Waals surface area (Å²) in [6, 6.07) is 1.76. The van der Waals surface area contributed by atoms with Gasteiger partial charge >= 0.3 is 6.09 Å². The second-order valence-corrected chi connectivity index (χ2v) is 4.23. The summed E-state index contributed by atoms with van der Waals surface area (Å²) in [5.41, 5.74) is -0.133. The molecule has 1 aliphatic heterocycles. The Bertz CT molecular complexity index is 439. The van der Waals surface area contributed by atoms with Gasteiger partial charge in [0.05, 0.1) is 17.1 Å². The van der Waals surface area contributed by atoms with Crippen molar-refractivity contribution in [2.75, 3.05) is 6.61 Å². The first-order valence-electron chi connectivity index (χ1n) is 4.66. The molecule has 6 heteroatoms. The van der Waals surface area contributed by atoms with Crippen LogP contribution in [0.4, 0.5) is 13.6 Å². The quantitative estimate of drug-likeness (QED) is 0.808. The SMILES string of the molecule is O=C1N[C@H](c2c(F)ccc(Br)c2F)CCO1. The van der Waals surface area contributed by atoms with Gasteiger partial charge in [-0.3, -0.25) is 0 Å². The fraction of sp³-hybridized carbons (Fsp3) is 0.300. The third-order valence-corrected chi connectivity index (χ3v) is 2.97. The lowest BCUT2D eigenvalue weighted by atomic mass is 10.0. The van der Waals surface area contributed by atoms with Crippen molar-refractivity contribution in [1.82, 2.24) is 5.32 Å². The van der Waals surface area contributed by atoms with E-state index in [4.69, 9.17) is 0 Å². The van der Waals surface area contributed by atoms with Gasteiger partial charge in [-0.15, -0.1) is 0 Å². The zero-order chi connectivity index (χ0) is 11.7. The third kappa shape index (κ3) is 2.02. The van der Waals surface area contributed by atoms with Crippen LogP contribution in [0.5, 0.6) is 0 Å². The average Bonchev–Trinajstić information content (AvgIpc) is 2.24. The summed E-state index contributed by atoms with van der Waals surface area (Å²) in [5.74, 6) is -1.36. The molecule has 0 radical (unpaired) electrons. The molecule has 0 spiro atoms. The highest BCUT2D eigenvalue weighted by Crippen LogP contribution is 2.29. The van der Waals surface area contributed by atoms with Gasteiger partial charge in [-0.1, -0.05) is 0 Å². The van der Waals surface area contributed by atoms with Gasteiger partial charge in [0.1, 0.15) is 11.6 Å². The summed E-state index contributed by atoms with van der Waals surface area (Å²) in [5, 5.41) is 2.38. The van der Waals surface area contributed by atoms with E-state index in [1.54, 1.807) is 0 Å². The summed E-state index contributed by atoms with van der Waals surface area (Å²) in [6.45, 7) is 0.155. The molecule has 1 aromatic carbocycles. The Morgan fingerprint density at radius 1 is 1.44 bits per heavy atom. The zero-order valence-corrected chi connectivity index (χ0v) is 9.68. The van der Waals surface area contributed by atoms with Crippen LogP contribution in [0.15, 0.2) is 16.6 Å². The van der Waals surface area contributed by atoms with Crippen LogP contribution in [-0.4, -0.2) is 12.7 Å². The van der Waals surface area contributed by atoms with E-state index in [2.05, 4.69) is 26.0 Å². The number of rotatable bonds is 1. The number of carbonyl (C=O) groups is 1. The molecule has 1 atom stereocenters. The summed E-state index contributed by atoms with van der Waals surface area (Å²) >= 11 is 2.98. The van der Waals surface area contributed by atoms with Gasteiger partial charge in [0, 0.05) is 12.0 Å². The molecule has 0 saturated carbocycles. The standard InChI is InChI=1S/C10H8BrF2NO2/c11-5-1-2-6(12)8(9(5)13)7-3-4-16-10(15)14-7/h1-2,7H,3-4H2,(H,14,15)/t7-/m0/s1. The lowest BCUT2D eigenvalue weighted by Crippen LogP contribution is -2.36. The van der Waals surface area contributed by atoms with Crippen LogP contribution in [0.2, 0.25) is 0 Å². The van der Waals surface area contributed by atoms with Crippen LogP contribution in [0.3, 0.4) is 0 Å². The van der Waals surface area contributed by atoms with Crippen molar-refractivity contribution in [2.45, 2.75) is 12.5 Å². The highest BCUT2D eigenvalue weighted by atomic mass is 79.9. The molecule has 1 amide bonds. The van der Waals surface area contributed by atoms with Crippen molar-refractivity contribution in [3.63, 3.8) is 0 Å². The summed E-state index contributed by atoms with van der Waals surface area (Å²) < 4.78 is 32.0. The maximum Gasteiger partial charge on any atom is 0.407 e. The number of halogens is 3. The van der Waals surface area contributed by atoms with Gasteiger partial charge in [-0.2, -0.15) is 0 Å². The van der Waals surface area contributed by atoms with Crippen LogP contribution in [-0.2, 0) is 4.74 Å². The molecule has 1 saturated heterocycles. The highest BCUT2D eigenvalue weighted by molar-refractivity contribution is 9.10. The molecule has 0 unspecified atom stereocenters. The first kappa shape index (κ1) is 11.3. The van der Waals surface area contributed by atoms with Gasteiger partial charge in [0.25, 0.3) is 0 Å². The van der Waals surface area contributed by atoms with Crippen molar-refractivity contribution in [1.29, 1.82) is 0 Å². The number of amides is 1. The average molecular weight is 292 g/mol. The summed E-state index contributed by atoms with van der Waals surface area (Å²) in [6.07, 6.45) is -0.314. The molecule has 1 aromatic rings. The molecular weight excluding hydrogens is 284 g/mol. The molecule has 16 heavy (non-hydrogen) atoms. The van der Waals surface area contributed by atoms with E-state index in [1.165, 1.54) is 6.07 Å². The molecule has 2 rings (SSSR count). The Hall–Kier alpha value is -1.17. The Morgan fingerprint density at radius 2 is 2.19 bits per heavy atom. The number of ether oxygens (including phenoxy) is 1. The van der Waals surface area contributed by atoms with E-state index in [1.807, 2.05) is 0 Å². The topological polar surface area (TPSA) is 38.3 Å². The first-order chi connectivity index (χ1) is 7.59. The van der Waals surface area contributed by atoms with E-state index in [0.717, 1.165) is 6.07 Å². The van der Waals surface area contributed by atoms with Gasteiger partial charge in [-0.05, 0) is 28.1 Å². The maximum atomic E-state index is 13.7. The number of carbonyl (C=O) groups excluding carboxylic acids is 1. The molecule has 0 aliphatic carbocycles. The minimum Gasteiger partial charge on any atom is -0.449 e. The molecule has 86 valence electrons. The zero-order valence-electron chi connectivity index (χ0n) is 8.10. The highest BCUT2D eigenvalue weighted by Gasteiger charge is 2.27. The lowest BCUT2D eigenvalue weighted by Gasteiger charge is -2.24. The Kier molecular flexibility index (Phi) is 3.09. The normalized spacial score (nSPS) is 20.2. The van der Waals surface area contributed by atoms with Crippen LogP contribution in [0, 0.1) is 11.6 Å². The first-order valence-corrected chi connectivity index (χ1v) is 5.45. The predicted molar refractivity (Wildman–Crippen MR) is 55.9 cm³/mol. The van der Waals surface area contributed by atoms with E-state index in [0.29, 0.717) is 6.42 Å². The molecule has 1 heterocycles. The number of alkyl carbamates (subject to hydrolysis) is 1. The van der Waals surface area contributed by atoms with Crippen LogP contribution in [0.25, 0.3) is 0 Å². The van der Waals surface area contributed by atoms with Crippen molar-refractivity contribution in [2.24, 2.45) is 0 Å². The molecule has 0 aromatic heterocycles. The molecule has 1 N–H and O–H groups in total. The second kappa shape index (κ2) is 4.37. The summed E-state index contributed by atoms with van der Waals surface area (Å²) in [7, 11) is 0. The molecular formula is C10H8BrF2NO2. The fourth-order valence-electron chi connectivity index (χ4n) is 1.60. The van der Waals surface area contributed by atoms with Crippen molar-refractivity contribution >= 4 is 22.0 Å². The number of cyclic esters (lactones) is 1. The largest absolute Gasteiger partial charge is 0.449 e. The monoisotopic (exact) mass is 291 g/mol. The van der Waals surface area contributed by atoms with E-state index in [9.17, 15) is 13.6 Å². The van der Waals surface area contributed by atoms with E-state index < -0.39 is 23.8 Å². The lowest BCUT2D eigenvalue weighted by molar-refractivity contribution is 0.114. The van der Waals surface area contributed by atoms with Crippen molar-refractivity contribution < 1.29 is 18.3 Å². The molecule has 1 fully saturated rings. The predicted octanol–water partition coefficient (Wildman–Crippen LogP) is 2.90. The second-order valence-electron chi connectivity index (χ2n) is 3.38. The minimum absolute atomic E-state index is 0.133. The van der Waals surface area contributed by atoms with Crippen LogP contribution in [0.1, 0.15) is 18.0 Å². The fourth-order valence-corrected chi connectivity index (χ4v) is 1.95. The van der Waals surface area contributed by atoms with Crippen molar-refractivity contribution in [3.8, 4) is 0 Å². The number of nitrogens with one attached hydrogen (secondary N) is 1. The number of hydrogen-bond donors (Lipinski definition) is 1. The Balaban J connectivity index is 2.39. The maximum absolute atomic E-state index is 13.7. The van der Waals surface area contributed by atoms with Gasteiger partial charge < -0.3 is 10.1 Å². The van der Waals surface area contributed by atoms with Crippen molar-refractivity contribution in [3.05, 3.63) is 33.8 Å². The number of hydrogen-bond acceptors (Lipinski definition) is 2. The van der Waals surface area contributed by atoms with Gasteiger partial charge in [0.2, 0.25) is 0 Å².